The molecule has 10 heteroatoms. The molecule has 0 bridgehead atoms. The van der Waals surface area contributed by atoms with Crippen LogP contribution in [0.1, 0.15) is 7.43 Å². The number of carbonyl (C=O) groups is 4. The summed E-state index contributed by atoms with van der Waals surface area (Å²) in [5.74, 6) is -4.91. The third-order valence-corrected chi connectivity index (χ3v) is 2.17. The van der Waals surface area contributed by atoms with Crippen LogP contribution in [0.25, 0.3) is 0 Å². The molecule has 0 heterocycles. The number of rotatable bonds is 11. The van der Waals surface area contributed by atoms with Gasteiger partial charge in [0.15, 0.2) is 0 Å². The predicted molar refractivity (Wildman–Crippen MR) is 70.2 cm³/mol. The molecule has 0 saturated carbocycles. The lowest BCUT2D eigenvalue weighted by atomic mass is 10.4. The van der Waals surface area contributed by atoms with Gasteiger partial charge in [-0.3, -0.25) is 29.0 Å². The molecule has 0 aliphatic rings. The number of carboxylic acids is 4. The highest BCUT2D eigenvalue weighted by Crippen LogP contribution is 1.94. The fourth-order valence-corrected chi connectivity index (χ4v) is 1.48. The lowest BCUT2D eigenvalue weighted by molar-refractivity contribution is -0.145. The maximum Gasteiger partial charge on any atom is 0.317 e. The summed E-state index contributed by atoms with van der Waals surface area (Å²) >= 11 is 0. The molecule has 0 radical (unpaired) electrons. The van der Waals surface area contributed by atoms with Gasteiger partial charge in [0.05, 0.1) is 26.2 Å². The Kier molecular flexibility index (Phi) is 10.6. The summed E-state index contributed by atoms with van der Waals surface area (Å²) in [5.41, 5.74) is 0. The van der Waals surface area contributed by atoms with Gasteiger partial charge >= 0.3 is 23.9 Å². The molecule has 0 atom stereocenters. The van der Waals surface area contributed by atoms with Gasteiger partial charge in [-0.05, 0) is 0 Å². The molecule has 0 saturated heterocycles. The van der Waals surface area contributed by atoms with Crippen molar-refractivity contribution in [2.24, 2.45) is 0 Å². The Bertz CT molecular complexity index is 316. The van der Waals surface area contributed by atoms with Crippen LogP contribution in [0.15, 0.2) is 0 Å². The summed E-state index contributed by atoms with van der Waals surface area (Å²) in [7, 11) is 0. The average Bonchev–Trinajstić information content (AvgIpc) is 2.22. The van der Waals surface area contributed by atoms with Gasteiger partial charge in [0, 0.05) is 13.1 Å². The van der Waals surface area contributed by atoms with Crippen LogP contribution in [-0.2, 0) is 19.2 Å². The van der Waals surface area contributed by atoms with Crippen LogP contribution in [-0.4, -0.2) is 93.4 Å². The van der Waals surface area contributed by atoms with E-state index in [4.69, 9.17) is 20.4 Å². The van der Waals surface area contributed by atoms with E-state index in [0.29, 0.717) is 0 Å². The van der Waals surface area contributed by atoms with Crippen molar-refractivity contribution in [3.63, 3.8) is 0 Å². The SMILES string of the molecule is C.O=C(O)CN(CCN(CC(=O)O)CC(=O)O)CC(=O)O. The van der Waals surface area contributed by atoms with E-state index in [-0.39, 0.29) is 20.5 Å². The fraction of sp³-hybridized carbons (Fsp3) is 0.636. The van der Waals surface area contributed by atoms with Gasteiger partial charge in [-0.25, -0.2) is 0 Å². The van der Waals surface area contributed by atoms with Gasteiger partial charge in [0.25, 0.3) is 0 Å². The highest BCUT2D eigenvalue weighted by atomic mass is 16.4. The Hall–Kier alpha value is -2.20. The van der Waals surface area contributed by atoms with Crippen molar-refractivity contribution in [1.82, 2.24) is 9.80 Å². The average molecular weight is 308 g/mol. The lowest BCUT2D eigenvalue weighted by Crippen LogP contribution is -2.43. The van der Waals surface area contributed by atoms with Crippen molar-refractivity contribution in [3.05, 3.63) is 0 Å². The lowest BCUT2D eigenvalue weighted by Gasteiger charge is -2.23. The van der Waals surface area contributed by atoms with Gasteiger partial charge in [0.1, 0.15) is 0 Å². The second kappa shape index (κ2) is 10.6. The van der Waals surface area contributed by atoms with E-state index in [1.54, 1.807) is 0 Å². The summed E-state index contributed by atoms with van der Waals surface area (Å²) in [6.45, 7) is -2.25. The molecule has 4 N–H and O–H groups in total. The topological polar surface area (TPSA) is 156 Å². The number of carboxylic acid groups (broad SMARTS) is 4. The van der Waals surface area contributed by atoms with E-state index in [1.165, 1.54) is 0 Å². The van der Waals surface area contributed by atoms with Crippen molar-refractivity contribution in [2.45, 2.75) is 7.43 Å². The summed E-state index contributed by atoms with van der Waals surface area (Å²) in [6, 6.07) is 0. The first-order valence-corrected chi connectivity index (χ1v) is 5.52. The van der Waals surface area contributed by atoms with Crippen LogP contribution >= 0.6 is 0 Å². The molecular formula is C11H20N2O8. The van der Waals surface area contributed by atoms with Crippen molar-refractivity contribution < 1.29 is 39.6 Å². The Labute approximate surface area is 121 Å². The first-order chi connectivity index (χ1) is 9.20. The quantitative estimate of drug-likeness (QED) is 0.356. The van der Waals surface area contributed by atoms with E-state index in [1.807, 2.05) is 0 Å². The summed E-state index contributed by atoms with van der Waals surface area (Å²) < 4.78 is 0. The first-order valence-electron chi connectivity index (χ1n) is 5.52. The standard InChI is InChI=1S/C10H16N2O8.CH4/c13-7(14)3-11(4-8(15)16)1-2-12(5-9(17)18)6-10(19)20;/h1-6H2,(H,13,14)(H,15,16)(H,17,18)(H,19,20);1H4. The van der Waals surface area contributed by atoms with Crippen LogP contribution in [0, 0.1) is 0 Å². The second-order valence-corrected chi connectivity index (χ2v) is 4.00. The summed E-state index contributed by atoms with van der Waals surface area (Å²) in [6.07, 6.45) is 0. The zero-order valence-corrected chi connectivity index (χ0v) is 10.6. The maximum atomic E-state index is 10.6. The van der Waals surface area contributed by atoms with Gasteiger partial charge in [-0.1, -0.05) is 7.43 Å². The van der Waals surface area contributed by atoms with E-state index in [2.05, 4.69) is 0 Å². The molecule has 0 aromatic rings. The highest BCUT2D eigenvalue weighted by Gasteiger charge is 2.17. The zero-order chi connectivity index (χ0) is 15.7. The molecule has 0 amide bonds. The molecule has 10 nitrogen and oxygen atoms in total. The molecule has 21 heavy (non-hydrogen) atoms. The fourth-order valence-electron chi connectivity index (χ4n) is 1.48. The second-order valence-electron chi connectivity index (χ2n) is 4.00. The molecule has 0 aromatic heterocycles. The van der Waals surface area contributed by atoms with E-state index in [9.17, 15) is 19.2 Å². The van der Waals surface area contributed by atoms with Gasteiger partial charge < -0.3 is 20.4 Å². The Morgan fingerprint density at radius 2 is 0.762 bits per heavy atom. The number of aliphatic carboxylic acids is 4. The molecule has 0 spiro atoms. The third-order valence-electron chi connectivity index (χ3n) is 2.17. The van der Waals surface area contributed by atoms with Crippen molar-refractivity contribution in [2.75, 3.05) is 39.3 Å². The smallest absolute Gasteiger partial charge is 0.317 e. The minimum absolute atomic E-state index is 0. The van der Waals surface area contributed by atoms with Crippen LogP contribution < -0.4 is 0 Å². The van der Waals surface area contributed by atoms with Crippen molar-refractivity contribution >= 4 is 23.9 Å². The van der Waals surface area contributed by atoms with E-state index >= 15 is 0 Å². The summed E-state index contributed by atoms with van der Waals surface area (Å²) in [5, 5.41) is 34.5. The molecule has 0 aliphatic heterocycles. The number of nitrogens with zero attached hydrogens (tertiary/aromatic N) is 2. The van der Waals surface area contributed by atoms with Crippen LogP contribution in [0.2, 0.25) is 0 Å². The molecule has 0 aliphatic carbocycles. The molecule has 0 rings (SSSR count). The van der Waals surface area contributed by atoms with E-state index < -0.39 is 50.1 Å². The summed E-state index contributed by atoms with van der Waals surface area (Å²) in [4.78, 5) is 44.4. The number of hydrogen-bond donors (Lipinski definition) is 4. The molecule has 0 unspecified atom stereocenters. The zero-order valence-electron chi connectivity index (χ0n) is 10.6. The Morgan fingerprint density at radius 1 is 0.571 bits per heavy atom. The van der Waals surface area contributed by atoms with E-state index in [0.717, 1.165) is 9.80 Å². The van der Waals surface area contributed by atoms with Crippen LogP contribution in [0.5, 0.6) is 0 Å². The van der Waals surface area contributed by atoms with Crippen molar-refractivity contribution in [3.8, 4) is 0 Å². The highest BCUT2D eigenvalue weighted by molar-refractivity contribution is 5.73. The Morgan fingerprint density at radius 3 is 0.905 bits per heavy atom. The minimum atomic E-state index is -1.23. The molecule has 122 valence electrons. The monoisotopic (exact) mass is 308 g/mol. The van der Waals surface area contributed by atoms with Crippen molar-refractivity contribution in [1.29, 1.82) is 0 Å². The molecular weight excluding hydrogens is 288 g/mol. The van der Waals surface area contributed by atoms with Crippen LogP contribution in [0.4, 0.5) is 0 Å². The first kappa shape index (κ1) is 21.1. The minimum Gasteiger partial charge on any atom is -0.480 e. The van der Waals surface area contributed by atoms with Gasteiger partial charge in [-0.15, -0.1) is 0 Å². The normalized spacial score (nSPS) is 10.2. The Balaban J connectivity index is 0. The van der Waals surface area contributed by atoms with Crippen LogP contribution in [0.3, 0.4) is 0 Å². The maximum absolute atomic E-state index is 10.6. The molecule has 0 aromatic carbocycles. The third kappa shape index (κ3) is 12.6. The largest absolute Gasteiger partial charge is 0.480 e. The predicted octanol–water partition coefficient (Wildman–Crippen LogP) is -1.44. The molecule has 0 fully saturated rings. The van der Waals surface area contributed by atoms with Gasteiger partial charge in [0.2, 0.25) is 0 Å². The van der Waals surface area contributed by atoms with Gasteiger partial charge in [-0.2, -0.15) is 0 Å². The number of hydrogen-bond acceptors (Lipinski definition) is 6.